The molecule has 140 valence electrons. The van der Waals surface area contributed by atoms with Crippen LogP contribution in [0.4, 0.5) is 0 Å². The van der Waals surface area contributed by atoms with E-state index >= 15 is 0 Å². The second kappa shape index (κ2) is 8.39. The molecule has 4 rings (SSSR count). The van der Waals surface area contributed by atoms with Crippen molar-refractivity contribution in [3.63, 3.8) is 0 Å². The second-order valence-corrected chi connectivity index (χ2v) is 6.22. The molecular weight excluding hydrogens is 354 g/mol. The van der Waals surface area contributed by atoms with E-state index in [9.17, 15) is 4.79 Å². The number of benzene rings is 2. The van der Waals surface area contributed by atoms with Crippen LogP contribution in [0, 0.1) is 0 Å². The van der Waals surface area contributed by atoms with Crippen LogP contribution in [0.15, 0.2) is 79.0 Å². The Kier molecular flexibility index (Phi) is 5.33. The maximum absolute atomic E-state index is 12.5. The summed E-state index contributed by atoms with van der Waals surface area (Å²) >= 11 is 0. The van der Waals surface area contributed by atoms with Gasteiger partial charge in [-0.05, 0) is 41.5 Å². The summed E-state index contributed by atoms with van der Waals surface area (Å²) in [5, 5.41) is 0. The van der Waals surface area contributed by atoms with E-state index in [1.54, 1.807) is 12.3 Å². The van der Waals surface area contributed by atoms with Gasteiger partial charge in [0.2, 0.25) is 0 Å². The number of ether oxygens (including phenoxy) is 3. The molecule has 1 unspecified atom stereocenters. The Balaban J connectivity index is 1.51. The molecule has 1 atom stereocenters. The van der Waals surface area contributed by atoms with Crippen LogP contribution in [-0.4, -0.2) is 24.2 Å². The van der Waals surface area contributed by atoms with Crippen LogP contribution in [0.1, 0.15) is 22.9 Å². The number of esters is 1. The van der Waals surface area contributed by atoms with Crippen LogP contribution in [-0.2, 0) is 9.53 Å². The standard InChI is InChI=1S/C23H19NO4/c25-22(12-10-17-9-11-20-21(16-17)27-15-14-26-20)28-23(18-6-2-1-3-7-18)19-8-4-5-13-24-19/h1-13,16,23H,14-15H2/b12-10+. The van der Waals surface area contributed by atoms with Crippen molar-refractivity contribution in [2.45, 2.75) is 6.10 Å². The summed E-state index contributed by atoms with van der Waals surface area (Å²) in [6, 6.07) is 20.6. The van der Waals surface area contributed by atoms with E-state index in [1.165, 1.54) is 6.08 Å². The Morgan fingerprint density at radius 3 is 2.54 bits per heavy atom. The van der Waals surface area contributed by atoms with E-state index in [0.717, 1.165) is 11.1 Å². The quantitative estimate of drug-likeness (QED) is 0.496. The molecule has 0 saturated heterocycles. The SMILES string of the molecule is O=C(/C=C/c1ccc2c(c1)OCCO2)OC(c1ccccc1)c1ccccn1. The average molecular weight is 373 g/mol. The summed E-state index contributed by atoms with van der Waals surface area (Å²) in [6.45, 7) is 1.06. The van der Waals surface area contributed by atoms with Crippen molar-refractivity contribution in [1.82, 2.24) is 4.98 Å². The summed E-state index contributed by atoms with van der Waals surface area (Å²) < 4.78 is 16.8. The van der Waals surface area contributed by atoms with Gasteiger partial charge in [0.05, 0.1) is 5.69 Å². The van der Waals surface area contributed by atoms with Crippen molar-refractivity contribution in [2.75, 3.05) is 13.2 Å². The van der Waals surface area contributed by atoms with Gasteiger partial charge in [-0.25, -0.2) is 4.79 Å². The zero-order valence-corrected chi connectivity index (χ0v) is 15.2. The first-order valence-corrected chi connectivity index (χ1v) is 9.04. The molecule has 0 aliphatic carbocycles. The highest BCUT2D eigenvalue weighted by Crippen LogP contribution is 2.31. The molecule has 1 aliphatic heterocycles. The molecule has 28 heavy (non-hydrogen) atoms. The third kappa shape index (κ3) is 4.20. The number of nitrogens with zero attached hydrogens (tertiary/aromatic N) is 1. The van der Waals surface area contributed by atoms with E-state index in [4.69, 9.17) is 14.2 Å². The summed E-state index contributed by atoms with van der Waals surface area (Å²) in [5.74, 6) is 0.942. The highest BCUT2D eigenvalue weighted by Gasteiger charge is 2.19. The van der Waals surface area contributed by atoms with E-state index in [1.807, 2.05) is 66.7 Å². The van der Waals surface area contributed by atoms with Gasteiger partial charge >= 0.3 is 5.97 Å². The van der Waals surface area contributed by atoms with E-state index in [2.05, 4.69) is 4.98 Å². The molecule has 0 N–H and O–H groups in total. The first-order chi connectivity index (χ1) is 13.8. The number of carbonyl (C=O) groups is 1. The third-order valence-corrected chi connectivity index (χ3v) is 4.27. The average Bonchev–Trinajstić information content (AvgIpc) is 2.77. The van der Waals surface area contributed by atoms with Gasteiger partial charge in [-0.1, -0.05) is 42.5 Å². The molecule has 2 heterocycles. The van der Waals surface area contributed by atoms with Gasteiger partial charge < -0.3 is 14.2 Å². The normalized spacial score (nSPS) is 13.9. The van der Waals surface area contributed by atoms with E-state index in [0.29, 0.717) is 30.4 Å². The fourth-order valence-electron chi connectivity index (χ4n) is 2.94. The predicted octanol–water partition coefficient (Wildman–Crippen LogP) is 4.20. The highest BCUT2D eigenvalue weighted by atomic mass is 16.6. The third-order valence-electron chi connectivity index (χ3n) is 4.27. The summed E-state index contributed by atoms with van der Waals surface area (Å²) in [7, 11) is 0. The maximum Gasteiger partial charge on any atom is 0.331 e. The van der Waals surface area contributed by atoms with Crippen LogP contribution in [0.5, 0.6) is 11.5 Å². The Labute approximate surface area is 163 Å². The molecule has 0 saturated carbocycles. The van der Waals surface area contributed by atoms with E-state index < -0.39 is 12.1 Å². The molecule has 1 aliphatic rings. The molecule has 5 heteroatoms. The highest BCUT2D eigenvalue weighted by molar-refractivity contribution is 5.87. The van der Waals surface area contributed by atoms with Crippen molar-refractivity contribution in [2.24, 2.45) is 0 Å². The number of hydrogen-bond donors (Lipinski definition) is 0. The smallest absolute Gasteiger partial charge is 0.331 e. The predicted molar refractivity (Wildman–Crippen MR) is 105 cm³/mol. The van der Waals surface area contributed by atoms with Gasteiger partial charge in [0.25, 0.3) is 0 Å². The van der Waals surface area contributed by atoms with Crippen molar-refractivity contribution < 1.29 is 19.0 Å². The van der Waals surface area contributed by atoms with Crippen LogP contribution in [0.3, 0.4) is 0 Å². The molecule has 5 nitrogen and oxygen atoms in total. The molecule has 0 spiro atoms. The molecular formula is C23H19NO4. The molecule has 0 amide bonds. The minimum Gasteiger partial charge on any atom is -0.486 e. The fraction of sp³-hybridized carbons (Fsp3) is 0.130. The van der Waals surface area contributed by atoms with Gasteiger partial charge in [-0.3, -0.25) is 4.98 Å². The monoisotopic (exact) mass is 373 g/mol. The Bertz CT molecular complexity index is 931. The van der Waals surface area contributed by atoms with Gasteiger partial charge in [0.1, 0.15) is 13.2 Å². The number of carbonyl (C=O) groups excluding carboxylic acids is 1. The number of rotatable bonds is 5. The minimum absolute atomic E-state index is 0.450. The summed E-state index contributed by atoms with van der Waals surface area (Å²) in [6.07, 6.45) is 4.22. The van der Waals surface area contributed by atoms with Crippen molar-refractivity contribution in [1.29, 1.82) is 0 Å². The first-order valence-electron chi connectivity index (χ1n) is 9.04. The topological polar surface area (TPSA) is 57.7 Å². The van der Waals surface area contributed by atoms with Crippen LogP contribution in [0.25, 0.3) is 6.08 Å². The van der Waals surface area contributed by atoms with Gasteiger partial charge in [0.15, 0.2) is 17.6 Å². The number of aromatic nitrogens is 1. The van der Waals surface area contributed by atoms with Crippen molar-refractivity contribution in [3.8, 4) is 11.5 Å². The number of fused-ring (bicyclic) bond motifs is 1. The van der Waals surface area contributed by atoms with Crippen molar-refractivity contribution >= 4 is 12.0 Å². The Morgan fingerprint density at radius 2 is 1.75 bits per heavy atom. The molecule has 0 bridgehead atoms. The van der Waals surface area contributed by atoms with Crippen LogP contribution < -0.4 is 9.47 Å². The molecule has 0 radical (unpaired) electrons. The van der Waals surface area contributed by atoms with Gasteiger partial charge in [0, 0.05) is 12.3 Å². The molecule has 3 aromatic rings. The summed E-state index contributed by atoms with van der Waals surface area (Å²) in [4.78, 5) is 16.8. The summed E-state index contributed by atoms with van der Waals surface area (Å²) in [5.41, 5.74) is 2.37. The lowest BCUT2D eigenvalue weighted by molar-refractivity contribution is -0.141. The zero-order chi connectivity index (χ0) is 19.2. The first kappa shape index (κ1) is 17.8. The number of hydrogen-bond acceptors (Lipinski definition) is 5. The Hall–Kier alpha value is -3.60. The van der Waals surface area contributed by atoms with Gasteiger partial charge in [-0.2, -0.15) is 0 Å². The number of pyridine rings is 1. The lowest BCUT2D eigenvalue weighted by Crippen LogP contribution is -2.15. The van der Waals surface area contributed by atoms with Crippen LogP contribution in [0.2, 0.25) is 0 Å². The maximum atomic E-state index is 12.5. The fourth-order valence-corrected chi connectivity index (χ4v) is 2.94. The molecule has 1 aromatic heterocycles. The molecule has 0 fully saturated rings. The lowest BCUT2D eigenvalue weighted by Gasteiger charge is -2.18. The zero-order valence-electron chi connectivity index (χ0n) is 15.2. The minimum atomic E-state index is -0.570. The Morgan fingerprint density at radius 1 is 0.964 bits per heavy atom. The van der Waals surface area contributed by atoms with E-state index in [-0.39, 0.29) is 0 Å². The molecule has 2 aromatic carbocycles. The largest absolute Gasteiger partial charge is 0.486 e. The van der Waals surface area contributed by atoms with Gasteiger partial charge in [-0.15, -0.1) is 0 Å². The second-order valence-electron chi connectivity index (χ2n) is 6.22. The van der Waals surface area contributed by atoms with Crippen molar-refractivity contribution in [3.05, 3.63) is 95.8 Å². The van der Waals surface area contributed by atoms with Crippen LogP contribution >= 0.6 is 0 Å². The lowest BCUT2D eigenvalue weighted by atomic mass is 10.1.